The van der Waals surface area contributed by atoms with E-state index in [1.807, 2.05) is 13.8 Å². The van der Waals surface area contributed by atoms with E-state index in [9.17, 15) is 0 Å². The number of hydrogen-bond donors (Lipinski definition) is 2. The molecule has 4 nitrogen and oxygen atoms in total. The molecule has 1 aromatic rings. The molecule has 0 fully saturated rings. The first-order valence-electron chi connectivity index (χ1n) is 5.05. The molecule has 0 spiro atoms. The first kappa shape index (κ1) is 12.2. The summed E-state index contributed by atoms with van der Waals surface area (Å²) >= 11 is 5.95. The lowest BCUT2D eigenvalue weighted by Crippen LogP contribution is -2.18. The van der Waals surface area contributed by atoms with Gasteiger partial charge in [0.1, 0.15) is 17.3 Å². The van der Waals surface area contributed by atoms with Crippen molar-refractivity contribution in [2.45, 2.75) is 32.7 Å². The Labute approximate surface area is 94.7 Å². The van der Waals surface area contributed by atoms with Crippen molar-refractivity contribution in [1.82, 2.24) is 9.97 Å². The largest absolute Gasteiger partial charge is 0.396 e. The molecule has 0 radical (unpaired) electrons. The van der Waals surface area contributed by atoms with Crippen molar-refractivity contribution in [3.05, 3.63) is 17.0 Å². The van der Waals surface area contributed by atoms with E-state index >= 15 is 0 Å². The quantitative estimate of drug-likeness (QED) is 0.757. The molecule has 0 aliphatic heterocycles. The summed E-state index contributed by atoms with van der Waals surface area (Å²) in [5, 5.41) is 12.5. The van der Waals surface area contributed by atoms with Gasteiger partial charge in [-0.15, -0.1) is 0 Å². The van der Waals surface area contributed by atoms with Crippen LogP contribution in [0.15, 0.2) is 6.33 Å². The molecule has 2 N–H and O–H groups in total. The van der Waals surface area contributed by atoms with Crippen molar-refractivity contribution >= 4 is 17.4 Å². The molecule has 1 atom stereocenters. The molecule has 0 bridgehead atoms. The molecule has 0 aliphatic carbocycles. The molecule has 0 aromatic carbocycles. The average Bonchev–Trinajstić information content (AvgIpc) is 2.18. The van der Waals surface area contributed by atoms with Crippen LogP contribution in [-0.2, 0) is 6.42 Å². The number of rotatable bonds is 5. The number of aromatic nitrogens is 2. The van der Waals surface area contributed by atoms with E-state index in [2.05, 4.69) is 15.3 Å². The van der Waals surface area contributed by atoms with Crippen molar-refractivity contribution in [2.75, 3.05) is 11.9 Å². The third-order valence-corrected chi connectivity index (χ3v) is 2.52. The Hall–Kier alpha value is -0.870. The highest BCUT2D eigenvalue weighted by Gasteiger charge is 2.09. The van der Waals surface area contributed by atoms with Gasteiger partial charge in [0.15, 0.2) is 0 Å². The van der Waals surface area contributed by atoms with E-state index in [1.165, 1.54) is 6.33 Å². The second kappa shape index (κ2) is 5.88. The van der Waals surface area contributed by atoms with Crippen LogP contribution in [0.25, 0.3) is 0 Å². The monoisotopic (exact) mass is 229 g/mol. The predicted octanol–water partition coefficient (Wildman–Crippen LogP) is 1.88. The molecule has 15 heavy (non-hydrogen) atoms. The van der Waals surface area contributed by atoms with Gasteiger partial charge >= 0.3 is 0 Å². The normalized spacial score (nSPS) is 12.5. The van der Waals surface area contributed by atoms with Crippen molar-refractivity contribution in [3.8, 4) is 0 Å². The zero-order chi connectivity index (χ0) is 11.3. The number of aliphatic hydroxyl groups is 1. The lowest BCUT2D eigenvalue weighted by Gasteiger charge is -2.15. The maximum absolute atomic E-state index is 8.80. The van der Waals surface area contributed by atoms with E-state index in [1.54, 1.807) is 0 Å². The molecular formula is C10H16ClN3O. The Kier molecular flexibility index (Phi) is 4.78. The highest BCUT2D eigenvalue weighted by Crippen LogP contribution is 2.20. The number of anilines is 1. The molecule has 1 rings (SSSR count). The molecule has 1 aromatic heterocycles. The summed E-state index contributed by atoms with van der Waals surface area (Å²) < 4.78 is 0. The molecule has 1 unspecified atom stereocenters. The number of halogens is 1. The number of aliphatic hydroxyl groups excluding tert-OH is 1. The Morgan fingerprint density at radius 2 is 2.27 bits per heavy atom. The Morgan fingerprint density at radius 1 is 1.53 bits per heavy atom. The van der Waals surface area contributed by atoms with E-state index in [-0.39, 0.29) is 12.6 Å². The number of nitrogens with one attached hydrogen (secondary N) is 1. The zero-order valence-corrected chi connectivity index (χ0v) is 9.75. The van der Waals surface area contributed by atoms with Gasteiger partial charge in [0.2, 0.25) is 0 Å². The second-order valence-corrected chi connectivity index (χ2v) is 3.76. The van der Waals surface area contributed by atoms with Crippen LogP contribution >= 0.6 is 11.6 Å². The molecule has 5 heteroatoms. The Balaban J connectivity index is 2.80. The summed E-state index contributed by atoms with van der Waals surface area (Å²) in [4.78, 5) is 8.07. The van der Waals surface area contributed by atoms with Crippen LogP contribution in [0.2, 0.25) is 5.15 Å². The van der Waals surface area contributed by atoms with Crippen molar-refractivity contribution in [2.24, 2.45) is 0 Å². The van der Waals surface area contributed by atoms with Crippen molar-refractivity contribution in [3.63, 3.8) is 0 Å². The minimum absolute atomic E-state index is 0.161. The van der Waals surface area contributed by atoms with Gasteiger partial charge in [0, 0.05) is 18.2 Å². The lowest BCUT2D eigenvalue weighted by molar-refractivity contribution is 0.282. The average molecular weight is 230 g/mol. The molecule has 1 heterocycles. The fraction of sp³-hybridized carbons (Fsp3) is 0.600. The summed E-state index contributed by atoms with van der Waals surface area (Å²) in [7, 11) is 0. The third kappa shape index (κ3) is 3.32. The Morgan fingerprint density at radius 3 is 2.87 bits per heavy atom. The van der Waals surface area contributed by atoms with Gasteiger partial charge in [0.25, 0.3) is 0 Å². The van der Waals surface area contributed by atoms with Gasteiger partial charge in [-0.1, -0.05) is 18.5 Å². The van der Waals surface area contributed by atoms with Gasteiger partial charge in [-0.25, -0.2) is 9.97 Å². The fourth-order valence-corrected chi connectivity index (χ4v) is 1.59. The molecule has 0 saturated carbocycles. The maximum Gasteiger partial charge on any atom is 0.137 e. The molecular weight excluding hydrogens is 214 g/mol. The second-order valence-electron chi connectivity index (χ2n) is 3.40. The highest BCUT2D eigenvalue weighted by molar-refractivity contribution is 6.30. The zero-order valence-electron chi connectivity index (χ0n) is 9.00. The number of nitrogens with zero attached hydrogens (tertiary/aromatic N) is 2. The van der Waals surface area contributed by atoms with E-state index in [4.69, 9.17) is 16.7 Å². The van der Waals surface area contributed by atoms with Crippen LogP contribution in [-0.4, -0.2) is 27.7 Å². The van der Waals surface area contributed by atoms with Crippen LogP contribution in [0, 0.1) is 0 Å². The van der Waals surface area contributed by atoms with Crippen LogP contribution in [0.5, 0.6) is 0 Å². The summed E-state index contributed by atoms with van der Waals surface area (Å²) in [6.07, 6.45) is 2.91. The van der Waals surface area contributed by atoms with Crippen LogP contribution < -0.4 is 5.32 Å². The lowest BCUT2D eigenvalue weighted by atomic mass is 10.2. The van der Waals surface area contributed by atoms with E-state index in [0.717, 1.165) is 17.8 Å². The summed E-state index contributed by atoms with van der Waals surface area (Å²) in [6, 6.07) is 0.172. The fourth-order valence-electron chi connectivity index (χ4n) is 1.33. The summed E-state index contributed by atoms with van der Waals surface area (Å²) in [5.41, 5.74) is 0.920. The Bertz CT molecular complexity index is 320. The molecule has 0 amide bonds. The summed E-state index contributed by atoms with van der Waals surface area (Å²) in [5.74, 6) is 0.762. The maximum atomic E-state index is 8.80. The molecule has 0 aliphatic rings. The van der Waals surface area contributed by atoms with Gasteiger partial charge in [-0.3, -0.25) is 0 Å². The first-order valence-corrected chi connectivity index (χ1v) is 5.43. The van der Waals surface area contributed by atoms with Gasteiger partial charge in [-0.05, 0) is 19.8 Å². The van der Waals surface area contributed by atoms with Gasteiger partial charge < -0.3 is 10.4 Å². The van der Waals surface area contributed by atoms with Gasteiger partial charge in [-0.2, -0.15) is 0 Å². The van der Waals surface area contributed by atoms with E-state index < -0.39 is 0 Å². The van der Waals surface area contributed by atoms with E-state index in [0.29, 0.717) is 11.6 Å². The summed E-state index contributed by atoms with van der Waals surface area (Å²) in [6.45, 7) is 4.16. The predicted molar refractivity (Wildman–Crippen MR) is 61.2 cm³/mol. The molecule has 0 saturated heterocycles. The van der Waals surface area contributed by atoms with Crippen molar-refractivity contribution < 1.29 is 5.11 Å². The smallest absolute Gasteiger partial charge is 0.137 e. The first-order chi connectivity index (χ1) is 7.19. The highest BCUT2D eigenvalue weighted by atomic mass is 35.5. The topological polar surface area (TPSA) is 58.0 Å². The van der Waals surface area contributed by atoms with Crippen LogP contribution in [0.3, 0.4) is 0 Å². The number of hydrogen-bond acceptors (Lipinski definition) is 4. The van der Waals surface area contributed by atoms with Crippen LogP contribution in [0.4, 0.5) is 5.82 Å². The van der Waals surface area contributed by atoms with Crippen LogP contribution in [0.1, 0.15) is 25.8 Å². The third-order valence-electron chi connectivity index (χ3n) is 2.19. The van der Waals surface area contributed by atoms with Crippen molar-refractivity contribution in [1.29, 1.82) is 0 Å². The minimum Gasteiger partial charge on any atom is -0.396 e. The minimum atomic E-state index is 0.161. The molecule has 84 valence electrons. The standard InChI is InChI=1S/C10H16ClN3O/c1-3-8-9(11)12-6-13-10(8)14-7(2)4-5-15/h6-7,15H,3-5H2,1-2H3,(H,12,13,14). The van der Waals surface area contributed by atoms with Gasteiger partial charge in [0.05, 0.1) is 0 Å². The SMILES string of the molecule is CCc1c(Cl)ncnc1NC(C)CCO.